The van der Waals surface area contributed by atoms with Crippen molar-refractivity contribution in [3.63, 3.8) is 0 Å². The molecule has 0 unspecified atom stereocenters. The Morgan fingerprint density at radius 2 is 1.85 bits per heavy atom. The number of likely N-dealkylation sites (tertiary alicyclic amines) is 1. The van der Waals surface area contributed by atoms with Gasteiger partial charge >= 0.3 is 5.97 Å². The highest BCUT2D eigenvalue weighted by atomic mass is 32.1. The monoisotopic (exact) mass is 551 g/mol. The molecular weight excluding hydrogens is 514 g/mol. The van der Waals surface area contributed by atoms with Gasteiger partial charge in [0.15, 0.2) is 6.61 Å². The Morgan fingerprint density at radius 1 is 1.15 bits per heavy atom. The fraction of sp³-hybridized carbons (Fsp3) is 0.448. The Bertz CT molecular complexity index is 1210. The van der Waals surface area contributed by atoms with Crippen LogP contribution >= 0.6 is 11.3 Å². The molecule has 0 spiro atoms. The summed E-state index contributed by atoms with van der Waals surface area (Å²) < 4.78 is 5.32. The molecule has 1 aliphatic heterocycles. The highest BCUT2D eigenvalue weighted by Crippen LogP contribution is 2.29. The first kappa shape index (κ1) is 28.5. The molecule has 1 saturated heterocycles. The first-order valence-corrected chi connectivity index (χ1v) is 14.3. The minimum Gasteiger partial charge on any atom is -0.482 e. The van der Waals surface area contributed by atoms with E-state index in [1.54, 1.807) is 11.3 Å². The highest BCUT2D eigenvalue weighted by molar-refractivity contribution is 7.07. The van der Waals surface area contributed by atoms with Gasteiger partial charge in [-0.15, -0.1) is 0 Å². The molecule has 2 aromatic heterocycles. The zero-order chi connectivity index (χ0) is 27.8. The van der Waals surface area contributed by atoms with Gasteiger partial charge in [-0.25, -0.2) is 14.8 Å². The van der Waals surface area contributed by atoms with E-state index in [2.05, 4.69) is 48.8 Å². The van der Waals surface area contributed by atoms with Gasteiger partial charge in [-0.1, -0.05) is 0 Å². The summed E-state index contributed by atoms with van der Waals surface area (Å²) in [6.45, 7) is 8.96. The second kappa shape index (κ2) is 13.5. The predicted molar refractivity (Wildman–Crippen MR) is 153 cm³/mol. The summed E-state index contributed by atoms with van der Waals surface area (Å²) in [7, 11) is 0. The van der Waals surface area contributed by atoms with Crippen LogP contribution in [0.4, 0.5) is 5.69 Å². The van der Waals surface area contributed by atoms with Crippen molar-refractivity contribution >= 4 is 28.9 Å². The SMILES string of the molecule is Cc1ncnc(C)c1C(=O)NCC[C@@H](C)N1CCC(N(Cc2ccsc2)c2ccc(OCC(=O)O)cc2)CC1. The Hall–Kier alpha value is -3.50. The van der Waals surface area contributed by atoms with Gasteiger partial charge in [0.1, 0.15) is 12.1 Å². The average Bonchev–Trinajstić information content (AvgIpc) is 3.44. The molecule has 10 heteroatoms. The molecule has 0 aliphatic carbocycles. The molecule has 1 aromatic carbocycles. The van der Waals surface area contributed by atoms with Gasteiger partial charge in [0.2, 0.25) is 0 Å². The van der Waals surface area contributed by atoms with Crippen LogP contribution in [0.15, 0.2) is 47.4 Å². The maximum atomic E-state index is 12.7. The molecular formula is C29H37N5O4S. The Balaban J connectivity index is 1.31. The number of ether oxygens (including phenoxy) is 1. The van der Waals surface area contributed by atoms with E-state index < -0.39 is 5.97 Å². The third-order valence-corrected chi connectivity index (χ3v) is 8.06. The molecule has 39 heavy (non-hydrogen) atoms. The average molecular weight is 552 g/mol. The third-order valence-electron chi connectivity index (χ3n) is 7.33. The lowest BCUT2D eigenvalue weighted by Gasteiger charge is -2.42. The van der Waals surface area contributed by atoms with Gasteiger partial charge in [-0.2, -0.15) is 11.3 Å². The minimum absolute atomic E-state index is 0.111. The number of anilines is 1. The lowest BCUT2D eigenvalue weighted by atomic mass is 9.99. The van der Waals surface area contributed by atoms with Crippen LogP contribution < -0.4 is 15.0 Å². The molecule has 0 bridgehead atoms. The zero-order valence-corrected chi connectivity index (χ0v) is 23.6. The molecule has 3 heterocycles. The van der Waals surface area contributed by atoms with E-state index in [1.165, 1.54) is 11.9 Å². The summed E-state index contributed by atoms with van der Waals surface area (Å²) in [4.78, 5) is 36.8. The number of thiophene rings is 1. The van der Waals surface area contributed by atoms with E-state index in [-0.39, 0.29) is 12.5 Å². The smallest absolute Gasteiger partial charge is 0.341 e. The molecule has 3 aromatic rings. The van der Waals surface area contributed by atoms with Crippen LogP contribution in [0.2, 0.25) is 0 Å². The molecule has 2 N–H and O–H groups in total. The molecule has 1 aliphatic rings. The molecule has 1 fully saturated rings. The first-order chi connectivity index (χ1) is 18.8. The van der Waals surface area contributed by atoms with Crippen molar-refractivity contribution in [3.8, 4) is 5.75 Å². The van der Waals surface area contributed by atoms with Crippen LogP contribution in [0.3, 0.4) is 0 Å². The number of carbonyl (C=O) groups is 2. The number of hydrogen-bond donors (Lipinski definition) is 2. The van der Waals surface area contributed by atoms with E-state index in [9.17, 15) is 9.59 Å². The summed E-state index contributed by atoms with van der Waals surface area (Å²) in [6.07, 6.45) is 4.44. The van der Waals surface area contributed by atoms with Crippen LogP contribution in [0.1, 0.15) is 53.5 Å². The predicted octanol–water partition coefficient (Wildman–Crippen LogP) is 4.30. The second-order valence-corrected chi connectivity index (χ2v) is 10.8. The van der Waals surface area contributed by atoms with Crippen LogP contribution in [0.25, 0.3) is 0 Å². The van der Waals surface area contributed by atoms with Crippen molar-refractivity contribution < 1.29 is 19.4 Å². The number of piperidine rings is 1. The number of nitrogens with one attached hydrogen (secondary N) is 1. The number of nitrogens with zero attached hydrogens (tertiary/aromatic N) is 4. The topological polar surface area (TPSA) is 108 Å². The van der Waals surface area contributed by atoms with Gasteiger partial charge in [0.05, 0.1) is 17.0 Å². The third kappa shape index (κ3) is 7.77. The molecule has 0 saturated carbocycles. The largest absolute Gasteiger partial charge is 0.482 e. The minimum atomic E-state index is -0.988. The first-order valence-electron chi connectivity index (χ1n) is 13.3. The number of amides is 1. The van der Waals surface area contributed by atoms with E-state index in [0.29, 0.717) is 41.3 Å². The number of carbonyl (C=O) groups excluding carboxylic acids is 1. The van der Waals surface area contributed by atoms with E-state index in [0.717, 1.165) is 44.6 Å². The standard InChI is InChI=1S/C29H37N5O4S/c1-20(8-12-30-29(37)28-21(2)31-19-32-22(28)3)33-13-9-25(10-14-33)34(16-23-11-15-39-18-23)24-4-6-26(7-5-24)38-17-27(35)36/h4-7,11,15,18-20,25H,8-10,12-14,16-17H2,1-3H3,(H,30,37)(H,35,36)/t20-/m1/s1. The molecule has 4 rings (SSSR count). The lowest BCUT2D eigenvalue weighted by molar-refractivity contribution is -0.139. The number of carboxylic acids is 1. The van der Waals surface area contributed by atoms with Crippen molar-refractivity contribution in [1.82, 2.24) is 20.2 Å². The number of carboxylic acid groups (broad SMARTS) is 1. The Morgan fingerprint density at radius 3 is 2.46 bits per heavy atom. The number of aliphatic carboxylic acids is 1. The van der Waals surface area contributed by atoms with Crippen molar-refractivity contribution in [2.75, 3.05) is 31.1 Å². The van der Waals surface area contributed by atoms with E-state index in [4.69, 9.17) is 9.84 Å². The number of hydrogen-bond acceptors (Lipinski definition) is 8. The summed E-state index contributed by atoms with van der Waals surface area (Å²) >= 11 is 1.70. The van der Waals surface area contributed by atoms with Crippen molar-refractivity contribution in [3.05, 3.63) is 69.9 Å². The van der Waals surface area contributed by atoms with E-state index >= 15 is 0 Å². The zero-order valence-electron chi connectivity index (χ0n) is 22.8. The summed E-state index contributed by atoms with van der Waals surface area (Å²) in [5.41, 5.74) is 4.35. The molecule has 0 radical (unpaired) electrons. The quantitative estimate of drug-likeness (QED) is 0.343. The maximum absolute atomic E-state index is 12.7. The van der Waals surface area contributed by atoms with Gasteiger partial charge in [0.25, 0.3) is 5.91 Å². The van der Waals surface area contributed by atoms with Crippen molar-refractivity contribution in [1.29, 1.82) is 0 Å². The maximum Gasteiger partial charge on any atom is 0.341 e. The van der Waals surface area contributed by atoms with Gasteiger partial charge in [-0.05, 0) is 86.7 Å². The van der Waals surface area contributed by atoms with Crippen LogP contribution in [0.5, 0.6) is 5.75 Å². The van der Waals surface area contributed by atoms with Crippen LogP contribution in [-0.2, 0) is 11.3 Å². The Labute approximate surface area is 233 Å². The fourth-order valence-corrected chi connectivity index (χ4v) is 5.77. The Kier molecular flexibility index (Phi) is 9.89. The highest BCUT2D eigenvalue weighted by Gasteiger charge is 2.27. The number of aromatic nitrogens is 2. The van der Waals surface area contributed by atoms with Gasteiger partial charge < -0.3 is 25.0 Å². The molecule has 1 atom stereocenters. The number of rotatable bonds is 12. The number of aryl methyl sites for hydroxylation is 2. The van der Waals surface area contributed by atoms with Crippen LogP contribution in [0, 0.1) is 13.8 Å². The normalized spacial score (nSPS) is 15.1. The summed E-state index contributed by atoms with van der Waals surface area (Å²) in [6, 6.07) is 10.6. The summed E-state index contributed by atoms with van der Waals surface area (Å²) in [5.74, 6) is -0.546. The summed E-state index contributed by atoms with van der Waals surface area (Å²) in [5, 5.41) is 16.2. The van der Waals surface area contributed by atoms with Gasteiger partial charge in [-0.3, -0.25) is 4.79 Å². The lowest BCUT2D eigenvalue weighted by Crippen LogP contribution is -2.48. The second-order valence-electron chi connectivity index (χ2n) is 10.0. The van der Waals surface area contributed by atoms with Crippen molar-refractivity contribution in [2.45, 2.75) is 58.7 Å². The fourth-order valence-electron chi connectivity index (χ4n) is 5.11. The van der Waals surface area contributed by atoms with Crippen molar-refractivity contribution in [2.24, 2.45) is 0 Å². The number of benzene rings is 1. The van der Waals surface area contributed by atoms with E-state index in [1.807, 2.05) is 38.1 Å². The van der Waals surface area contributed by atoms with Crippen LogP contribution in [-0.4, -0.2) is 70.2 Å². The molecule has 208 valence electrons. The molecule has 1 amide bonds. The van der Waals surface area contributed by atoms with Gasteiger partial charge in [0, 0.05) is 44.0 Å². The molecule has 9 nitrogen and oxygen atoms in total.